The molecule has 0 aliphatic carbocycles. The Hall–Kier alpha value is -2.50. The van der Waals surface area contributed by atoms with Crippen LogP contribution in [0.15, 0.2) is 48.7 Å². The summed E-state index contributed by atoms with van der Waals surface area (Å²) in [6.07, 6.45) is 7.96. The fourth-order valence-corrected chi connectivity index (χ4v) is 5.89. The number of halogens is 1. The van der Waals surface area contributed by atoms with Crippen molar-refractivity contribution in [1.29, 1.82) is 0 Å². The summed E-state index contributed by atoms with van der Waals surface area (Å²) in [5, 5.41) is 1.71. The smallest absolute Gasteiger partial charge is 0.161 e. The van der Waals surface area contributed by atoms with E-state index in [2.05, 4.69) is 9.47 Å². The van der Waals surface area contributed by atoms with Gasteiger partial charge in [-0.1, -0.05) is 23.7 Å². The van der Waals surface area contributed by atoms with Gasteiger partial charge >= 0.3 is 0 Å². The van der Waals surface area contributed by atoms with Crippen LogP contribution >= 0.6 is 11.6 Å². The molecule has 2 bridgehead atoms. The molecule has 3 atom stereocenters. The van der Waals surface area contributed by atoms with Gasteiger partial charge in [0, 0.05) is 47.3 Å². The quantitative estimate of drug-likeness (QED) is 0.383. The Morgan fingerprint density at radius 2 is 1.79 bits per heavy atom. The molecule has 2 aliphatic heterocycles. The number of piperidine rings is 1. The molecule has 33 heavy (non-hydrogen) atoms. The van der Waals surface area contributed by atoms with Gasteiger partial charge in [0.05, 0.1) is 12.6 Å². The fraction of sp³-hybridized carbons (Fsp3) is 0.444. The molecule has 5 nitrogen and oxygen atoms in total. The Kier molecular flexibility index (Phi) is 6.35. The van der Waals surface area contributed by atoms with Crippen molar-refractivity contribution in [2.24, 2.45) is 0 Å². The Morgan fingerprint density at radius 3 is 2.45 bits per heavy atom. The van der Waals surface area contributed by atoms with Gasteiger partial charge in [-0.15, -0.1) is 0 Å². The molecule has 0 N–H and O–H groups in total. The maximum absolute atomic E-state index is 12.2. The molecule has 2 saturated heterocycles. The number of ether oxygens (including phenoxy) is 2. The van der Waals surface area contributed by atoms with Gasteiger partial charge < -0.3 is 14.0 Å². The first-order valence-corrected chi connectivity index (χ1v) is 12.3. The predicted molar refractivity (Wildman–Crippen MR) is 132 cm³/mol. The van der Waals surface area contributed by atoms with Crippen LogP contribution in [0.25, 0.3) is 10.9 Å². The SMILES string of the molecule is COc1cccc2c(C(C)=O)cn(CCCN3C4CC[C@H]3C[C@@H](Oc3ccc(Cl)cc3)C4)c12. The molecule has 5 rings (SSSR count). The molecule has 6 heteroatoms. The summed E-state index contributed by atoms with van der Waals surface area (Å²) >= 11 is 6.00. The van der Waals surface area contributed by atoms with Crippen molar-refractivity contribution in [3.8, 4) is 11.5 Å². The van der Waals surface area contributed by atoms with Crippen molar-refractivity contribution in [1.82, 2.24) is 9.47 Å². The summed E-state index contributed by atoms with van der Waals surface area (Å²) in [7, 11) is 1.69. The van der Waals surface area contributed by atoms with Crippen LogP contribution in [0.4, 0.5) is 0 Å². The largest absolute Gasteiger partial charge is 0.495 e. The fourth-order valence-electron chi connectivity index (χ4n) is 5.76. The summed E-state index contributed by atoms with van der Waals surface area (Å²) in [4.78, 5) is 14.9. The third kappa shape index (κ3) is 4.49. The lowest BCUT2D eigenvalue weighted by Crippen LogP contribution is -2.46. The normalized spacial score (nSPS) is 22.6. The Labute approximate surface area is 200 Å². The van der Waals surface area contributed by atoms with Crippen LogP contribution in [0.3, 0.4) is 0 Å². The maximum Gasteiger partial charge on any atom is 0.161 e. The summed E-state index contributed by atoms with van der Waals surface area (Å²) in [5.41, 5.74) is 1.78. The van der Waals surface area contributed by atoms with Crippen molar-refractivity contribution in [3.05, 3.63) is 59.2 Å². The van der Waals surface area contributed by atoms with Crippen molar-refractivity contribution in [2.75, 3.05) is 13.7 Å². The molecule has 0 amide bonds. The van der Waals surface area contributed by atoms with E-state index in [1.54, 1.807) is 14.0 Å². The Bertz CT molecular complexity index is 1130. The third-order valence-electron chi connectivity index (χ3n) is 7.23. The van der Waals surface area contributed by atoms with Crippen LogP contribution in [0, 0.1) is 0 Å². The number of benzene rings is 2. The van der Waals surface area contributed by atoms with Crippen LogP contribution in [0.1, 0.15) is 49.4 Å². The lowest BCUT2D eigenvalue weighted by atomic mass is 9.99. The summed E-state index contributed by atoms with van der Waals surface area (Å²) in [6.45, 7) is 3.56. The number of fused-ring (bicyclic) bond motifs is 3. The second-order valence-electron chi connectivity index (χ2n) is 9.29. The zero-order valence-electron chi connectivity index (χ0n) is 19.3. The second kappa shape index (κ2) is 9.40. The topological polar surface area (TPSA) is 43.7 Å². The zero-order valence-corrected chi connectivity index (χ0v) is 20.1. The minimum atomic E-state index is 0.0906. The Balaban J connectivity index is 1.23. The van der Waals surface area contributed by atoms with Crippen LogP contribution < -0.4 is 9.47 Å². The molecule has 174 valence electrons. The maximum atomic E-state index is 12.2. The van der Waals surface area contributed by atoms with Gasteiger partial charge in [0.1, 0.15) is 17.6 Å². The highest BCUT2D eigenvalue weighted by atomic mass is 35.5. The van der Waals surface area contributed by atoms with Crippen molar-refractivity contribution >= 4 is 28.3 Å². The van der Waals surface area contributed by atoms with Crippen molar-refractivity contribution in [3.63, 3.8) is 0 Å². The first kappa shape index (κ1) is 22.3. The molecule has 0 radical (unpaired) electrons. The number of hydrogen-bond acceptors (Lipinski definition) is 4. The number of aromatic nitrogens is 1. The van der Waals surface area contributed by atoms with Crippen LogP contribution in [0.5, 0.6) is 11.5 Å². The summed E-state index contributed by atoms with van der Waals surface area (Å²) < 4.78 is 14.1. The number of carbonyl (C=O) groups excluding carboxylic acids is 1. The number of rotatable bonds is 8. The van der Waals surface area contributed by atoms with E-state index >= 15 is 0 Å². The average Bonchev–Trinajstić information content (AvgIpc) is 3.29. The van der Waals surface area contributed by atoms with Gasteiger partial charge in [0.15, 0.2) is 5.78 Å². The minimum Gasteiger partial charge on any atom is -0.495 e. The van der Waals surface area contributed by atoms with Crippen molar-refractivity contribution in [2.45, 2.75) is 63.8 Å². The van der Waals surface area contributed by atoms with E-state index in [0.717, 1.165) is 65.3 Å². The van der Waals surface area contributed by atoms with E-state index in [4.69, 9.17) is 21.1 Å². The number of para-hydroxylation sites is 1. The highest BCUT2D eigenvalue weighted by Crippen LogP contribution is 2.38. The van der Waals surface area contributed by atoms with E-state index in [9.17, 15) is 4.79 Å². The molecule has 2 fully saturated rings. The predicted octanol–water partition coefficient (Wildman–Crippen LogP) is 5.97. The van der Waals surface area contributed by atoms with Crippen LogP contribution in [0.2, 0.25) is 5.02 Å². The molecule has 3 aromatic rings. The second-order valence-corrected chi connectivity index (χ2v) is 9.73. The number of hydrogen-bond donors (Lipinski definition) is 0. The van der Waals surface area contributed by atoms with E-state index in [0.29, 0.717) is 12.1 Å². The number of carbonyl (C=O) groups is 1. The number of Topliss-reactive ketones (excluding diaryl/α,β-unsaturated/α-hetero) is 1. The van der Waals surface area contributed by atoms with Crippen LogP contribution in [-0.4, -0.2) is 47.1 Å². The molecule has 2 aliphatic rings. The standard InChI is InChI=1S/C27H31ClN2O3/c1-18(31)25-17-29(27-24(25)5-3-6-26(27)32-2)13-4-14-30-20-9-10-21(30)16-23(15-20)33-22-11-7-19(28)8-12-22/h3,5-8,11-12,17,20-21,23H,4,9-10,13-16H2,1-2H3/t20-,21?,23+/m0/s1. The van der Waals surface area contributed by atoms with Gasteiger partial charge in [-0.3, -0.25) is 9.69 Å². The Morgan fingerprint density at radius 1 is 1.06 bits per heavy atom. The summed E-state index contributed by atoms with van der Waals surface area (Å²) in [5.74, 6) is 1.82. The van der Waals surface area contributed by atoms with E-state index in [1.165, 1.54) is 12.8 Å². The van der Waals surface area contributed by atoms with E-state index in [-0.39, 0.29) is 11.9 Å². The third-order valence-corrected chi connectivity index (χ3v) is 7.49. The van der Waals surface area contributed by atoms with Crippen LogP contribution in [-0.2, 0) is 6.54 Å². The number of aryl methyl sites for hydroxylation is 1. The van der Waals surface area contributed by atoms with Gasteiger partial charge in [0.25, 0.3) is 0 Å². The van der Waals surface area contributed by atoms with Gasteiger partial charge in [-0.25, -0.2) is 0 Å². The van der Waals surface area contributed by atoms with E-state index < -0.39 is 0 Å². The molecule has 3 heterocycles. The average molecular weight is 467 g/mol. The number of methoxy groups -OCH3 is 1. The lowest BCUT2D eigenvalue weighted by Gasteiger charge is -2.39. The highest BCUT2D eigenvalue weighted by Gasteiger charge is 2.41. The van der Waals surface area contributed by atoms with Gasteiger partial charge in [-0.05, 0) is 69.4 Å². The number of nitrogens with zero attached hydrogens (tertiary/aromatic N) is 2. The molecular formula is C27H31ClN2O3. The molecule has 2 aromatic carbocycles. The minimum absolute atomic E-state index is 0.0906. The van der Waals surface area contributed by atoms with Crippen molar-refractivity contribution < 1.29 is 14.3 Å². The summed E-state index contributed by atoms with van der Waals surface area (Å²) in [6, 6.07) is 14.8. The first-order chi connectivity index (χ1) is 16.0. The first-order valence-electron chi connectivity index (χ1n) is 11.9. The monoisotopic (exact) mass is 466 g/mol. The zero-order chi connectivity index (χ0) is 22.9. The molecule has 1 aromatic heterocycles. The van der Waals surface area contributed by atoms with Gasteiger partial charge in [0.2, 0.25) is 0 Å². The van der Waals surface area contributed by atoms with Gasteiger partial charge in [-0.2, -0.15) is 0 Å². The lowest BCUT2D eigenvalue weighted by molar-refractivity contribution is 0.0482. The number of ketones is 1. The molecular weight excluding hydrogens is 436 g/mol. The molecule has 0 spiro atoms. The molecule has 0 saturated carbocycles. The van der Waals surface area contributed by atoms with E-state index in [1.807, 2.05) is 48.7 Å². The highest BCUT2D eigenvalue weighted by molar-refractivity contribution is 6.30. The molecule has 1 unspecified atom stereocenters.